The van der Waals surface area contributed by atoms with Crippen LogP contribution in [0.4, 0.5) is 14.5 Å². The number of piperidine rings is 1. The molecule has 2 aliphatic rings. The Labute approximate surface area is 169 Å². The van der Waals surface area contributed by atoms with Gasteiger partial charge in [-0.25, -0.2) is 23.2 Å². The van der Waals surface area contributed by atoms with Crippen molar-refractivity contribution in [1.82, 2.24) is 19.3 Å². The van der Waals surface area contributed by atoms with Crippen molar-refractivity contribution >= 4 is 22.6 Å². The number of aromatic carboxylic acids is 1. The van der Waals surface area contributed by atoms with Crippen LogP contribution in [0.3, 0.4) is 0 Å². The van der Waals surface area contributed by atoms with Crippen LogP contribution in [0.5, 0.6) is 0 Å². The molecule has 0 radical (unpaired) electrons. The van der Waals surface area contributed by atoms with Crippen molar-refractivity contribution in [2.45, 2.75) is 37.8 Å². The van der Waals surface area contributed by atoms with Gasteiger partial charge in [-0.1, -0.05) is 0 Å². The van der Waals surface area contributed by atoms with Crippen LogP contribution in [-0.4, -0.2) is 43.5 Å². The van der Waals surface area contributed by atoms with E-state index in [1.807, 2.05) is 0 Å². The van der Waals surface area contributed by atoms with E-state index < -0.39 is 28.6 Å². The first kappa shape index (κ1) is 18.7. The van der Waals surface area contributed by atoms with Gasteiger partial charge in [-0.3, -0.25) is 4.79 Å². The van der Waals surface area contributed by atoms with Crippen LogP contribution in [-0.2, 0) is 0 Å². The molecule has 1 aromatic carbocycles. The van der Waals surface area contributed by atoms with Gasteiger partial charge in [0.05, 0.1) is 16.9 Å². The first-order valence-corrected chi connectivity index (χ1v) is 9.85. The highest BCUT2D eigenvalue weighted by Crippen LogP contribution is 2.40. The Bertz CT molecular complexity index is 1200. The summed E-state index contributed by atoms with van der Waals surface area (Å²) in [6.07, 6.45) is 7.22. The molecule has 1 N–H and O–H groups in total. The molecule has 1 unspecified atom stereocenters. The molecule has 0 spiro atoms. The van der Waals surface area contributed by atoms with Gasteiger partial charge in [-0.2, -0.15) is 5.10 Å². The van der Waals surface area contributed by atoms with Crippen LogP contribution in [0, 0.1) is 11.6 Å². The number of benzene rings is 1. The molecular formula is C20H19F2N5O3. The van der Waals surface area contributed by atoms with Crippen LogP contribution in [0.25, 0.3) is 10.9 Å². The van der Waals surface area contributed by atoms with Gasteiger partial charge >= 0.3 is 5.97 Å². The fraction of sp³-hybridized carbons (Fsp3) is 0.400. The maximum atomic E-state index is 15.7. The molecule has 1 atom stereocenters. The summed E-state index contributed by atoms with van der Waals surface area (Å²) in [6.45, 7) is 0.814. The highest BCUT2D eigenvalue weighted by Gasteiger charge is 2.32. The maximum Gasteiger partial charge on any atom is 0.341 e. The summed E-state index contributed by atoms with van der Waals surface area (Å²) < 4.78 is 34.0. The lowest BCUT2D eigenvalue weighted by molar-refractivity contribution is 0.0694. The number of hydrogen-bond donors (Lipinski definition) is 1. The number of carboxylic acid groups (broad SMARTS) is 1. The number of carboxylic acids is 1. The van der Waals surface area contributed by atoms with Crippen molar-refractivity contribution in [1.29, 1.82) is 0 Å². The zero-order valence-corrected chi connectivity index (χ0v) is 16.0. The molecule has 2 fully saturated rings. The van der Waals surface area contributed by atoms with Gasteiger partial charge in [0.2, 0.25) is 5.43 Å². The third kappa shape index (κ3) is 2.94. The van der Waals surface area contributed by atoms with E-state index in [4.69, 9.17) is 0 Å². The van der Waals surface area contributed by atoms with E-state index in [2.05, 4.69) is 10.1 Å². The van der Waals surface area contributed by atoms with Crippen molar-refractivity contribution in [3.63, 3.8) is 0 Å². The molecule has 0 amide bonds. The lowest BCUT2D eigenvalue weighted by Gasteiger charge is -2.34. The van der Waals surface area contributed by atoms with E-state index in [0.717, 1.165) is 31.7 Å². The number of fused-ring (bicyclic) bond motifs is 1. The fourth-order valence-electron chi connectivity index (χ4n) is 4.29. The predicted octanol–water partition coefficient (Wildman–Crippen LogP) is 2.75. The zero-order chi connectivity index (χ0) is 21.0. The highest BCUT2D eigenvalue weighted by molar-refractivity contribution is 5.94. The monoisotopic (exact) mass is 415 g/mol. The Morgan fingerprint density at radius 2 is 2.00 bits per heavy atom. The van der Waals surface area contributed by atoms with Gasteiger partial charge in [0.1, 0.15) is 29.7 Å². The average molecular weight is 415 g/mol. The van der Waals surface area contributed by atoms with Crippen molar-refractivity contribution in [3.05, 3.63) is 52.3 Å². The minimum absolute atomic E-state index is 0.0354. The van der Waals surface area contributed by atoms with E-state index in [9.17, 15) is 14.7 Å². The summed E-state index contributed by atoms with van der Waals surface area (Å²) in [4.78, 5) is 29.6. The minimum Gasteiger partial charge on any atom is -0.477 e. The first-order valence-electron chi connectivity index (χ1n) is 9.85. The number of nitrogens with zero attached hydrogens (tertiary/aromatic N) is 5. The van der Waals surface area contributed by atoms with E-state index in [-0.39, 0.29) is 28.7 Å². The molecule has 8 nitrogen and oxygen atoms in total. The van der Waals surface area contributed by atoms with Gasteiger partial charge < -0.3 is 14.6 Å². The average Bonchev–Trinajstić information content (AvgIpc) is 3.41. The molecule has 30 heavy (non-hydrogen) atoms. The number of hydrogen-bond acceptors (Lipinski definition) is 5. The van der Waals surface area contributed by atoms with E-state index in [1.165, 1.54) is 17.1 Å². The molecule has 10 heteroatoms. The molecule has 3 heterocycles. The molecule has 5 rings (SSSR count). The second-order valence-corrected chi connectivity index (χ2v) is 7.85. The van der Waals surface area contributed by atoms with Crippen molar-refractivity contribution in [3.8, 4) is 0 Å². The fourth-order valence-corrected chi connectivity index (χ4v) is 4.29. The Balaban J connectivity index is 1.66. The number of halogens is 2. The smallest absolute Gasteiger partial charge is 0.341 e. The molecule has 0 bridgehead atoms. The summed E-state index contributed by atoms with van der Waals surface area (Å²) >= 11 is 0. The molecule has 2 aromatic heterocycles. The molecule has 3 aromatic rings. The zero-order valence-electron chi connectivity index (χ0n) is 16.0. The number of pyridine rings is 1. The summed E-state index contributed by atoms with van der Waals surface area (Å²) in [6, 6.07) is 0.805. The second kappa shape index (κ2) is 6.89. The topological polar surface area (TPSA) is 93.2 Å². The molecule has 1 saturated carbocycles. The first-order chi connectivity index (χ1) is 14.5. The molecule has 1 aliphatic carbocycles. The third-order valence-electron chi connectivity index (χ3n) is 5.88. The van der Waals surface area contributed by atoms with Gasteiger partial charge in [0.25, 0.3) is 0 Å². The number of anilines is 1. The highest BCUT2D eigenvalue weighted by atomic mass is 19.1. The quantitative estimate of drug-likeness (QED) is 0.704. The molecule has 1 aliphatic heterocycles. The van der Waals surface area contributed by atoms with Gasteiger partial charge in [-0.05, 0) is 31.7 Å². The Morgan fingerprint density at radius 1 is 1.20 bits per heavy atom. The van der Waals surface area contributed by atoms with Crippen LogP contribution >= 0.6 is 0 Å². The Hall–Kier alpha value is -3.30. The predicted molar refractivity (Wildman–Crippen MR) is 104 cm³/mol. The SMILES string of the molecule is O=C(O)c1cn(C2CC2)c2c(F)c(N3CCCC(n4cncn4)C3)c(F)cc2c1=O. The summed E-state index contributed by atoms with van der Waals surface area (Å²) in [7, 11) is 0. The lowest BCUT2D eigenvalue weighted by Crippen LogP contribution is -2.38. The Morgan fingerprint density at radius 3 is 2.67 bits per heavy atom. The van der Waals surface area contributed by atoms with E-state index in [0.29, 0.717) is 13.1 Å². The Kier molecular flexibility index (Phi) is 4.30. The summed E-state index contributed by atoms with van der Waals surface area (Å²) in [5.41, 5.74) is -1.58. The van der Waals surface area contributed by atoms with Crippen LogP contribution in [0.15, 0.2) is 29.7 Å². The largest absolute Gasteiger partial charge is 0.477 e. The molecule has 1 saturated heterocycles. The number of aromatic nitrogens is 4. The maximum absolute atomic E-state index is 15.7. The summed E-state index contributed by atoms with van der Waals surface area (Å²) in [5, 5.41) is 13.2. The van der Waals surface area contributed by atoms with E-state index in [1.54, 1.807) is 15.9 Å². The van der Waals surface area contributed by atoms with Crippen molar-refractivity contribution in [2.24, 2.45) is 0 Å². The van der Waals surface area contributed by atoms with Crippen molar-refractivity contribution in [2.75, 3.05) is 18.0 Å². The van der Waals surface area contributed by atoms with Crippen LogP contribution in [0.1, 0.15) is 48.1 Å². The summed E-state index contributed by atoms with van der Waals surface area (Å²) in [5.74, 6) is -3.11. The minimum atomic E-state index is -1.41. The number of carbonyl (C=O) groups is 1. The molecule has 156 valence electrons. The standard InChI is InChI=1S/C20H19F2N5O3/c21-15-6-13-17(26(11-3-4-11)8-14(19(13)28)20(29)30)16(22)18(15)25-5-1-2-12(7-25)27-10-23-9-24-27/h6,8-12H,1-5,7H2,(H,29,30). The van der Waals surface area contributed by atoms with Crippen molar-refractivity contribution < 1.29 is 18.7 Å². The normalized spacial score (nSPS) is 19.4. The van der Waals surface area contributed by atoms with Gasteiger partial charge in [0.15, 0.2) is 5.82 Å². The van der Waals surface area contributed by atoms with Crippen LogP contribution < -0.4 is 10.3 Å². The van der Waals surface area contributed by atoms with Gasteiger partial charge in [-0.15, -0.1) is 0 Å². The van der Waals surface area contributed by atoms with Crippen LogP contribution in [0.2, 0.25) is 0 Å². The second-order valence-electron chi connectivity index (χ2n) is 7.85. The third-order valence-corrected chi connectivity index (χ3v) is 5.88. The number of rotatable bonds is 4. The van der Waals surface area contributed by atoms with Gasteiger partial charge in [0, 0.05) is 25.3 Å². The molecular weight excluding hydrogens is 396 g/mol. The van der Waals surface area contributed by atoms with E-state index >= 15 is 8.78 Å². The lowest BCUT2D eigenvalue weighted by atomic mass is 10.0.